The number of halogens is 3. The number of rotatable bonds is 4. The maximum atomic E-state index is 17.4. The van der Waals surface area contributed by atoms with E-state index in [-0.39, 0.29) is 24.3 Å². The maximum Gasteiger partial charge on any atom is 0.192 e. The number of carbonyl (C=O) groups excluding carboxylic acids is 2. The third-order valence-corrected chi connectivity index (χ3v) is 10.8. The minimum absolute atomic E-state index is 0.0659. The topological polar surface area (TPSA) is 87.1 Å². The molecule has 9 atom stereocenters. The molecule has 9 heteroatoms. The van der Waals surface area contributed by atoms with Crippen LogP contribution in [0.4, 0.5) is 8.78 Å². The van der Waals surface area contributed by atoms with Gasteiger partial charge in [-0.3, -0.25) is 14.4 Å². The minimum Gasteiger partial charge on any atom is -0.390 e. The highest BCUT2D eigenvalue weighted by Crippen LogP contribution is 2.72. The first-order valence-electron chi connectivity index (χ1n) is 13.2. The monoisotopic (exact) mass is 547 g/mol. The fourth-order valence-corrected chi connectivity index (χ4v) is 8.95. The van der Waals surface area contributed by atoms with Crippen molar-refractivity contribution in [1.82, 2.24) is 5.06 Å². The Morgan fingerprint density at radius 3 is 2.61 bits per heavy atom. The maximum absolute atomic E-state index is 17.4. The number of hydrogen-bond acceptors (Lipinski definition) is 6. The molecule has 1 aliphatic heterocycles. The Kier molecular flexibility index (Phi) is 5.88. The molecule has 3 saturated carbocycles. The Morgan fingerprint density at radius 2 is 1.92 bits per heavy atom. The molecule has 1 aromatic carbocycles. The van der Waals surface area contributed by atoms with Gasteiger partial charge >= 0.3 is 0 Å². The van der Waals surface area contributed by atoms with E-state index >= 15 is 8.78 Å². The lowest BCUT2D eigenvalue weighted by atomic mass is 9.44. The van der Waals surface area contributed by atoms with Gasteiger partial charge in [0.25, 0.3) is 0 Å². The van der Waals surface area contributed by atoms with Crippen molar-refractivity contribution < 1.29 is 33.4 Å². The van der Waals surface area contributed by atoms with Crippen LogP contribution in [0, 0.1) is 28.6 Å². The Morgan fingerprint density at radius 1 is 1.21 bits per heavy atom. The Bertz CT molecular complexity index is 1250. The fourth-order valence-electron chi connectivity index (χ4n) is 8.83. The standard InChI is InChI=1S/C29H32ClF2NO5/c1-26-8-7-19(35)10-22(26)23(31)11-21-20-9-17-14-33(13-16-3-5-18(30)6-4-16)38-29(17,25(37)15-34)27(20,2)12-24(36)28(21,26)32/h3-8,10,17,20-21,23-24,34,36H,9,11-15H2,1-2H3. The number of hydroxylamine groups is 2. The highest BCUT2D eigenvalue weighted by atomic mass is 35.5. The van der Waals surface area contributed by atoms with Crippen LogP contribution >= 0.6 is 11.6 Å². The average molecular weight is 548 g/mol. The quantitative estimate of drug-likeness (QED) is 0.594. The summed E-state index contributed by atoms with van der Waals surface area (Å²) >= 11 is 6.01. The molecule has 4 fully saturated rings. The Balaban J connectivity index is 1.39. The molecule has 4 aliphatic carbocycles. The van der Waals surface area contributed by atoms with Crippen molar-refractivity contribution in [2.45, 2.75) is 63.2 Å². The van der Waals surface area contributed by atoms with E-state index in [1.54, 1.807) is 24.1 Å². The van der Waals surface area contributed by atoms with Gasteiger partial charge in [-0.2, -0.15) is 5.06 Å². The molecular formula is C29H32ClF2NO5. The third kappa shape index (κ3) is 3.18. The van der Waals surface area contributed by atoms with Gasteiger partial charge in [0.05, 0.1) is 6.10 Å². The second-order valence-corrected chi connectivity index (χ2v) is 12.6. The molecule has 204 valence electrons. The van der Waals surface area contributed by atoms with Crippen LogP contribution in [0.25, 0.3) is 0 Å². The van der Waals surface area contributed by atoms with E-state index in [0.29, 0.717) is 24.5 Å². The number of carbonyl (C=O) groups is 2. The van der Waals surface area contributed by atoms with E-state index in [9.17, 15) is 19.8 Å². The Labute approximate surface area is 225 Å². The van der Waals surface area contributed by atoms with Gasteiger partial charge in [0, 0.05) is 40.8 Å². The zero-order valence-corrected chi connectivity index (χ0v) is 22.1. The molecule has 0 amide bonds. The second-order valence-electron chi connectivity index (χ2n) is 12.1. The number of Topliss-reactive ketones (excluding diaryl/α,β-unsaturated/α-hetero) is 1. The van der Waals surface area contributed by atoms with Crippen molar-refractivity contribution in [2.75, 3.05) is 13.2 Å². The minimum atomic E-state index is -2.23. The normalized spacial score (nSPS) is 45.7. The zero-order chi connectivity index (χ0) is 27.3. The fraction of sp³-hybridized carbons (Fsp3) is 0.586. The lowest BCUT2D eigenvalue weighted by molar-refractivity contribution is -0.269. The van der Waals surface area contributed by atoms with Gasteiger partial charge in [-0.1, -0.05) is 36.7 Å². The highest BCUT2D eigenvalue weighted by molar-refractivity contribution is 6.30. The smallest absolute Gasteiger partial charge is 0.192 e. The van der Waals surface area contributed by atoms with Crippen LogP contribution in [-0.2, 0) is 21.0 Å². The molecule has 1 heterocycles. The predicted octanol–water partition coefficient (Wildman–Crippen LogP) is 3.93. The summed E-state index contributed by atoms with van der Waals surface area (Å²) in [6, 6.07) is 7.27. The van der Waals surface area contributed by atoms with Crippen molar-refractivity contribution >= 4 is 23.2 Å². The van der Waals surface area contributed by atoms with E-state index in [0.717, 1.165) is 5.56 Å². The number of fused-ring (bicyclic) bond motifs is 7. The lowest BCUT2D eigenvalue weighted by Gasteiger charge is -2.63. The van der Waals surface area contributed by atoms with Crippen LogP contribution in [0.2, 0.25) is 5.02 Å². The molecule has 9 unspecified atom stereocenters. The van der Waals surface area contributed by atoms with Crippen molar-refractivity contribution in [2.24, 2.45) is 28.6 Å². The molecule has 6 nitrogen and oxygen atoms in total. The van der Waals surface area contributed by atoms with Crippen molar-refractivity contribution in [3.8, 4) is 0 Å². The van der Waals surface area contributed by atoms with Gasteiger partial charge in [0.15, 0.2) is 22.8 Å². The molecular weight excluding hydrogens is 516 g/mol. The van der Waals surface area contributed by atoms with Gasteiger partial charge < -0.3 is 10.2 Å². The number of ketones is 2. The van der Waals surface area contributed by atoms with Gasteiger partial charge in [-0.15, -0.1) is 0 Å². The molecule has 0 radical (unpaired) electrons. The number of allylic oxidation sites excluding steroid dienone is 4. The molecule has 0 bridgehead atoms. The lowest BCUT2D eigenvalue weighted by Crippen LogP contribution is -2.70. The van der Waals surface area contributed by atoms with Crippen LogP contribution in [0.3, 0.4) is 0 Å². The number of alkyl halides is 2. The number of benzene rings is 1. The predicted molar refractivity (Wildman–Crippen MR) is 135 cm³/mol. The molecule has 5 aliphatic rings. The molecule has 0 aromatic heterocycles. The van der Waals surface area contributed by atoms with E-state index in [1.807, 2.05) is 19.1 Å². The van der Waals surface area contributed by atoms with Gasteiger partial charge in [0.1, 0.15) is 12.8 Å². The van der Waals surface area contributed by atoms with Crippen LogP contribution in [-0.4, -0.2) is 63.5 Å². The summed E-state index contributed by atoms with van der Waals surface area (Å²) in [5.41, 5.74) is -5.24. The van der Waals surface area contributed by atoms with Gasteiger partial charge in [-0.25, -0.2) is 8.78 Å². The first-order valence-corrected chi connectivity index (χ1v) is 13.6. The van der Waals surface area contributed by atoms with Crippen LogP contribution in [0.15, 0.2) is 48.1 Å². The number of aliphatic hydroxyl groups is 2. The van der Waals surface area contributed by atoms with E-state index in [4.69, 9.17) is 16.4 Å². The van der Waals surface area contributed by atoms with Gasteiger partial charge in [0.2, 0.25) is 0 Å². The summed E-state index contributed by atoms with van der Waals surface area (Å²) in [4.78, 5) is 32.0. The molecule has 0 spiro atoms. The second kappa shape index (κ2) is 8.51. The average Bonchev–Trinajstić information content (AvgIpc) is 3.35. The first-order chi connectivity index (χ1) is 17.9. The molecule has 38 heavy (non-hydrogen) atoms. The molecule has 1 aromatic rings. The highest BCUT2D eigenvalue weighted by Gasteiger charge is 2.79. The molecule has 1 saturated heterocycles. The summed E-state index contributed by atoms with van der Waals surface area (Å²) in [5, 5.41) is 23.9. The van der Waals surface area contributed by atoms with Crippen molar-refractivity contribution in [3.63, 3.8) is 0 Å². The van der Waals surface area contributed by atoms with Crippen LogP contribution in [0.5, 0.6) is 0 Å². The number of hydrogen-bond donors (Lipinski definition) is 2. The van der Waals surface area contributed by atoms with Crippen molar-refractivity contribution in [3.05, 3.63) is 58.7 Å². The van der Waals surface area contributed by atoms with E-state index in [1.165, 1.54) is 18.2 Å². The van der Waals surface area contributed by atoms with E-state index < -0.39 is 64.4 Å². The van der Waals surface area contributed by atoms with Crippen molar-refractivity contribution in [1.29, 1.82) is 0 Å². The first kappa shape index (κ1) is 26.3. The number of nitrogens with zero attached hydrogens (tertiary/aromatic N) is 1. The summed E-state index contributed by atoms with van der Waals surface area (Å²) < 4.78 is 33.1. The Hall–Kier alpha value is -1.97. The number of aliphatic hydroxyl groups excluding tert-OH is 2. The largest absolute Gasteiger partial charge is 0.390 e. The van der Waals surface area contributed by atoms with Crippen LogP contribution in [0.1, 0.15) is 38.7 Å². The zero-order valence-electron chi connectivity index (χ0n) is 21.4. The molecule has 2 N–H and O–H groups in total. The summed E-state index contributed by atoms with van der Waals surface area (Å²) in [6.45, 7) is 3.38. The summed E-state index contributed by atoms with van der Waals surface area (Å²) in [5.74, 6) is -2.66. The van der Waals surface area contributed by atoms with Gasteiger partial charge in [-0.05, 0) is 67.5 Å². The van der Waals surface area contributed by atoms with Crippen LogP contribution < -0.4 is 0 Å². The van der Waals surface area contributed by atoms with E-state index in [2.05, 4.69) is 0 Å². The summed E-state index contributed by atoms with van der Waals surface area (Å²) in [7, 11) is 0. The summed E-state index contributed by atoms with van der Waals surface area (Å²) in [6.07, 6.45) is 0.841. The SMILES string of the molecule is CC12C=CC(=O)C=C1C(F)CC1C3CC4CN(Cc5ccc(Cl)cc5)OC4(C(=O)CO)C3(C)CC(O)C12F. The third-order valence-electron chi connectivity index (χ3n) is 10.5. The molecule has 6 rings (SSSR count).